The molecular weight excluding hydrogens is 336 g/mol. The lowest BCUT2D eigenvalue weighted by Gasteiger charge is -2.19. The first-order valence-electron chi connectivity index (χ1n) is 7.35. The standard InChI is InChI=1S/C15H18N2O4S2/c1-9(2)17-14(19)10-5-3-4-6-11(10)16-15(17)22-13-8-23(20,21)7-12(13)18/h3-6,9,12-13,18H,7-8H2,1-2H3/t12-,13+/m0/s1. The molecule has 0 aliphatic carbocycles. The van der Waals surface area contributed by atoms with Gasteiger partial charge in [0.1, 0.15) is 0 Å². The third kappa shape index (κ3) is 3.15. The minimum absolute atomic E-state index is 0.0976. The Morgan fingerprint density at radius 1 is 1.30 bits per heavy atom. The second-order valence-corrected chi connectivity index (χ2v) is 9.34. The van der Waals surface area contributed by atoms with Crippen LogP contribution in [-0.2, 0) is 9.84 Å². The van der Waals surface area contributed by atoms with Gasteiger partial charge in [0, 0.05) is 6.04 Å². The molecule has 3 rings (SSSR count). The van der Waals surface area contributed by atoms with Crippen molar-refractivity contribution in [1.82, 2.24) is 9.55 Å². The first-order chi connectivity index (χ1) is 10.8. The zero-order valence-corrected chi connectivity index (χ0v) is 14.5. The predicted octanol–water partition coefficient (Wildman–Crippen LogP) is 1.23. The first-order valence-corrected chi connectivity index (χ1v) is 10.0. The summed E-state index contributed by atoms with van der Waals surface area (Å²) in [5.74, 6) is -0.330. The maximum absolute atomic E-state index is 12.7. The van der Waals surface area contributed by atoms with Gasteiger partial charge in [-0.3, -0.25) is 9.36 Å². The van der Waals surface area contributed by atoms with Crippen molar-refractivity contribution < 1.29 is 13.5 Å². The molecule has 1 aromatic carbocycles. The summed E-state index contributed by atoms with van der Waals surface area (Å²) in [6, 6.07) is 6.96. The summed E-state index contributed by atoms with van der Waals surface area (Å²) in [5.41, 5.74) is 0.427. The lowest BCUT2D eigenvalue weighted by atomic mass is 10.2. The van der Waals surface area contributed by atoms with Crippen LogP contribution in [-0.4, -0.2) is 45.9 Å². The molecule has 2 atom stereocenters. The van der Waals surface area contributed by atoms with Crippen molar-refractivity contribution in [3.63, 3.8) is 0 Å². The molecule has 0 spiro atoms. The van der Waals surface area contributed by atoms with Crippen molar-refractivity contribution in [2.75, 3.05) is 11.5 Å². The van der Waals surface area contributed by atoms with E-state index in [4.69, 9.17) is 0 Å². The van der Waals surface area contributed by atoms with E-state index in [9.17, 15) is 18.3 Å². The molecule has 23 heavy (non-hydrogen) atoms. The van der Waals surface area contributed by atoms with E-state index >= 15 is 0 Å². The average Bonchev–Trinajstić information content (AvgIpc) is 2.71. The highest BCUT2D eigenvalue weighted by molar-refractivity contribution is 8.01. The van der Waals surface area contributed by atoms with Gasteiger partial charge in [-0.05, 0) is 26.0 Å². The predicted molar refractivity (Wildman–Crippen MR) is 90.7 cm³/mol. The number of hydrogen-bond donors (Lipinski definition) is 1. The van der Waals surface area contributed by atoms with Crippen LogP contribution in [0.25, 0.3) is 10.9 Å². The summed E-state index contributed by atoms with van der Waals surface area (Å²) < 4.78 is 24.9. The number of nitrogens with zero attached hydrogens (tertiary/aromatic N) is 2. The van der Waals surface area contributed by atoms with E-state index in [2.05, 4.69) is 4.98 Å². The second-order valence-electron chi connectivity index (χ2n) is 5.98. The number of hydrogen-bond acceptors (Lipinski definition) is 6. The Labute approximate surface area is 138 Å². The van der Waals surface area contributed by atoms with Crippen LogP contribution in [0.3, 0.4) is 0 Å². The monoisotopic (exact) mass is 354 g/mol. The number of para-hydroxylation sites is 1. The van der Waals surface area contributed by atoms with Crippen LogP contribution in [0.4, 0.5) is 0 Å². The van der Waals surface area contributed by atoms with Crippen molar-refractivity contribution >= 4 is 32.5 Å². The Morgan fingerprint density at radius 2 is 2.00 bits per heavy atom. The molecule has 1 saturated heterocycles. The van der Waals surface area contributed by atoms with Gasteiger partial charge in [0.15, 0.2) is 15.0 Å². The van der Waals surface area contributed by atoms with Gasteiger partial charge in [0.2, 0.25) is 0 Å². The molecule has 0 unspecified atom stereocenters. The van der Waals surface area contributed by atoms with Crippen LogP contribution in [0.2, 0.25) is 0 Å². The first kappa shape index (κ1) is 16.5. The van der Waals surface area contributed by atoms with E-state index in [1.165, 1.54) is 11.8 Å². The molecule has 1 fully saturated rings. The smallest absolute Gasteiger partial charge is 0.262 e. The Hall–Kier alpha value is -1.38. The van der Waals surface area contributed by atoms with Crippen LogP contribution >= 0.6 is 11.8 Å². The van der Waals surface area contributed by atoms with Gasteiger partial charge < -0.3 is 5.11 Å². The molecule has 1 aromatic heterocycles. The number of aromatic nitrogens is 2. The van der Waals surface area contributed by atoms with Gasteiger partial charge in [0.25, 0.3) is 5.56 Å². The molecule has 0 bridgehead atoms. The molecule has 1 aliphatic rings. The van der Waals surface area contributed by atoms with E-state index in [-0.39, 0.29) is 23.1 Å². The highest BCUT2D eigenvalue weighted by Gasteiger charge is 2.38. The third-order valence-electron chi connectivity index (χ3n) is 3.82. The Kier molecular flexibility index (Phi) is 4.24. The van der Waals surface area contributed by atoms with Crippen LogP contribution in [0, 0.1) is 0 Å². The number of aliphatic hydroxyl groups is 1. The highest BCUT2D eigenvalue weighted by atomic mass is 32.2. The molecular formula is C15H18N2O4S2. The molecule has 0 radical (unpaired) electrons. The van der Waals surface area contributed by atoms with Gasteiger partial charge in [0.05, 0.1) is 33.8 Å². The molecule has 2 heterocycles. The maximum atomic E-state index is 12.7. The fourth-order valence-corrected chi connectivity index (χ4v) is 6.42. The van der Waals surface area contributed by atoms with Crippen LogP contribution in [0.15, 0.2) is 34.2 Å². The Bertz CT molecular complexity index is 905. The molecule has 6 nitrogen and oxygen atoms in total. The number of benzene rings is 1. The normalized spacial score (nSPS) is 23.7. The highest BCUT2D eigenvalue weighted by Crippen LogP contribution is 2.31. The largest absolute Gasteiger partial charge is 0.391 e. The molecule has 1 N–H and O–H groups in total. The van der Waals surface area contributed by atoms with E-state index in [0.717, 1.165) is 0 Å². The lowest BCUT2D eigenvalue weighted by molar-refractivity contribution is 0.207. The van der Waals surface area contributed by atoms with Gasteiger partial charge in [-0.15, -0.1) is 0 Å². The molecule has 8 heteroatoms. The van der Waals surface area contributed by atoms with Gasteiger partial charge in [-0.2, -0.15) is 0 Å². The van der Waals surface area contributed by atoms with Crippen molar-refractivity contribution in [3.8, 4) is 0 Å². The fourth-order valence-electron chi connectivity index (χ4n) is 2.71. The molecule has 124 valence electrons. The van der Waals surface area contributed by atoms with Crippen molar-refractivity contribution in [3.05, 3.63) is 34.6 Å². The zero-order valence-electron chi connectivity index (χ0n) is 12.8. The third-order valence-corrected chi connectivity index (χ3v) is 7.03. The molecule has 1 aliphatic heterocycles. The average molecular weight is 354 g/mol. The van der Waals surface area contributed by atoms with Gasteiger partial charge in [-0.1, -0.05) is 23.9 Å². The Balaban J connectivity index is 2.10. The van der Waals surface area contributed by atoms with Gasteiger partial charge >= 0.3 is 0 Å². The molecule has 0 saturated carbocycles. The lowest BCUT2D eigenvalue weighted by Crippen LogP contribution is -2.27. The van der Waals surface area contributed by atoms with Crippen molar-refractivity contribution in [1.29, 1.82) is 0 Å². The van der Waals surface area contributed by atoms with E-state index in [1.807, 2.05) is 13.8 Å². The summed E-state index contributed by atoms with van der Waals surface area (Å²) in [4.78, 5) is 17.2. The molecule has 2 aromatic rings. The molecule has 0 amide bonds. The second kappa shape index (κ2) is 5.92. The summed E-state index contributed by atoms with van der Waals surface area (Å²) in [6.45, 7) is 3.76. The number of thioether (sulfide) groups is 1. The van der Waals surface area contributed by atoms with Gasteiger partial charge in [-0.25, -0.2) is 13.4 Å². The minimum atomic E-state index is -3.24. The topological polar surface area (TPSA) is 89.3 Å². The summed E-state index contributed by atoms with van der Waals surface area (Å²) in [7, 11) is -3.24. The minimum Gasteiger partial charge on any atom is -0.391 e. The number of sulfone groups is 1. The van der Waals surface area contributed by atoms with E-state index in [0.29, 0.717) is 16.1 Å². The summed E-state index contributed by atoms with van der Waals surface area (Å²) in [6.07, 6.45) is -0.936. The SMILES string of the molecule is CC(C)n1c(S[C@@H]2CS(=O)(=O)C[C@@H]2O)nc2ccccc2c1=O. The summed E-state index contributed by atoms with van der Waals surface area (Å²) >= 11 is 1.17. The van der Waals surface area contributed by atoms with E-state index < -0.39 is 21.2 Å². The van der Waals surface area contributed by atoms with E-state index in [1.54, 1.807) is 28.8 Å². The summed E-state index contributed by atoms with van der Waals surface area (Å²) in [5, 5.41) is 10.5. The maximum Gasteiger partial charge on any atom is 0.262 e. The van der Waals surface area contributed by atoms with Crippen LogP contribution in [0.5, 0.6) is 0 Å². The van der Waals surface area contributed by atoms with Crippen molar-refractivity contribution in [2.24, 2.45) is 0 Å². The number of fused-ring (bicyclic) bond motifs is 1. The number of aliphatic hydroxyl groups excluding tert-OH is 1. The van der Waals surface area contributed by atoms with Crippen molar-refractivity contribution in [2.45, 2.75) is 36.4 Å². The number of rotatable bonds is 3. The zero-order chi connectivity index (χ0) is 16.8. The fraction of sp³-hybridized carbons (Fsp3) is 0.467. The Morgan fingerprint density at radius 3 is 2.61 bits per heavy atom. The van der Waals surface area contributed by atoms with Crippen LogP contribution < -0.4 is 5.56 Å². The van der Waals surface area contributed by atoms with Crippen LogP contribution in [0.1, 0.15) is 19.9 Å². The quantitative estimate of drug-likeness (QED) is 0.834.